The van der Waals surface area contributed by atoms with E-state index >= 15 is 0 Å². The zero-order chi connectivity index (χ0) is 10.5. The van der Waals surface area contributed by atoms with Crippen molar-refractivity contribution >= 4 is 0 Å². The van der Waals surface area contributed by atoms with E-state index < -0.39 is 0 Å². The third kappa shape index (κ3) is 17.2. The zero-order valence-electron chi connectivity index (χ0n) is 11.4. The van der Waals surface area contributed by atoms with Crippen LogP contribution in [0, 0.1) is 6.42 Å². The van der Waals surface area contributed by atoms with Gasteiger partial charge in [0.1, 0.15) is 0 Å². The first kappa shape index (κ1) is 18.0. The second-order valence-corrected chi connectivity index (χ2v) is 4.34. The molecule has 0 atom stereocenters. The Morgan fingerprint density at radius 1 is 0.600 bits per heavy atom. The van der Waals surface area contributed by atoms with E-state index in [0.29, 0.717) is 0 Å². The average Bonchev–Trinajstić information content (AvgIpc) is 2.21. The maximum atomic E-state index is 2.48. The summed E-state index contributed by atoms with van der Waals surface area (Å²) in [6.07, 6.45) is 18.0. The summed E-state index contributed by atoms with van der Waals surface area (Å²) in [5.41, 5.74) is 0. The molecule has 0 heterocycles. The minimum absolute atomic E-state index is 0. The molecular formula is C14H29Li. The van der Waals surface area contributed by atoms with E-state index in [-0.39, 0.29) is 18.9 Å². The summed E-state index contributed by atoms with van der Waals surface area (Å²) >= 11 is 0. The maximum Gasteiger partial charge on any atom is 1.00 e. The number of unbranched alkanes of at least 4 members (excludes halogenated alkanes) is 11. The zero-order valence-corrected chi connectivity index (χ0v) is 11.4. The molecule has 0 N–H and O–H groups in total. The summed E-state index contributed by atoms with van der Waals surface area (Å²) in [5.74, 6) is 0. The fraction of sp³-hybridized carbons (Fsp3) is 0.929. The maximum absolute atomic E-state index is 2.48. The van der Waals surface area contributed by atoms with Crippen molar-refractivity contribution in [2.45, 2.75) is 84.5 Å². The van der Waals surface area contributed by atoms with Crippen molar-refractivity contribution in [3.8, 4) is 0 Å². The van der Waals surface area contributed by atoms with Gasteiger partial charge >= 0.3 is 18.9 Å². The molecule has 0 aromatic rings. The molecule has 0 aliphatic carbocycles. The van der Waals surface area contributed by atoms with Gasteiger partial charge in [-0.3, -0.25) is 0 Å². The summed E-state index contributed by atoms with van der Waals surface area (Å²) in [5, 5.41) is 0. The van der Waals surface area contributed by atoms with Crippen molar-refractivity contribution in [1.29, 1.82) is 0 Å². The van der Waals surface area contributed by atoms with Gasteiger partial charge in [0.05, 0.1) is 0 Å². The molecule has 0 rings (SSSR count). The van der Waals surface area contributed by atoms with Gasteiger partial charge in [0.15, 0.2) is 0 Å². The quantitative estimate of drug-likeness (QED) is 0.276. The number of rotatable bonds is 11. The Labute approximate surface area is 110 Å². The molecule has 0 radical (unpaired) electrons. The van der Waals surface area contributed by atoms with E-state index in [2.05, 4.69) is 20.3 Å². The molecule has 0 amide bonds. The monoisotopic (exact) mass is 204 g/mol. The molecule has 0 aromatic carbocycles. The first-order valence-electron chi connectivity index (χ1n) is 6.73. The predicted octanol–water partition coefficient (Wildman–Crippen LogP) is 2.53. The third-order valence-corrected chi connectivity index (χ3v) is 2.77. The van der Waals surface area contributed by atoms with Gasteiger partial charge in [0.2, 0.25) is 0 Å². The molecule has 15 heavy (non-hydrogen) atoms. The minimum Gasteiger partial charge on any atom is -0.328 e. The van der Waals surface area contributed by atoms with E-state index in [4.69, 9.17) is 0 Å². The van der Waals surface area contributed by atoms with Crippen LogP contribution in [0.4, 0.5) is 0 Å². The SMILES string of the molecule is CCCC[CH-]CCCCCCCCC.[Li+]. The van der Waals surface area contributed by atoms with Gasteiger partial charge in [0, 0.05) is 0 Å². The van der Waals surface area contributed by atoms with Crippen LogP contribution in [-0.4, -0.2) is 0 Å². The van der Waals surface area contributed by atoms with Gasteiger partial charge in [-0.15, -0.1) is 0 Å². The summed E-state index contributed by atoms with van der Waals surface area (Å²) in [6.45, 7) is 4.55. The van der Waals surface area contributed by atoms with Gasteiger partial charge in [-0.1, -0.05) is 71.6 Å². The molecule has 0 aliphatic heterocycles. The molecule has 0 fully saturated rings. The summed E-state index contributed by atoms with van der Waals surface area (Å²) in [4.78, 5) is 0. The van der Waals surface area contributed by atoms with Crippen molar-refractivity contribution in [2.24, 2.45) is 0 Å². The van der Waals surface area contributed by atoms with Crippen molar-refractivity contribution < 1.29 is 18.9 Å². The van der Waals surface area contributed by atoms with E-state index in [1.54, 1.807) is 0 Å². The van der Waals surface area contributed by atoms with Crippen LogP contribution >= 0.6 is 0 Å². The molecule has 0 spiro atoms. The molecular weight excluding hydrogens is 175 g/mol. The minimum atomic E-state index is 0. The van der Waals surface area contributed by atoms with Crippen LogP contribution in [-0.2, 0) is 0 Å². The summed E-state index contributed by atoms with van der Waals surface area (Å²) in [6, 6.07) is 0. The first-order valence-corrected chi connectivity index (χ1v) is 6.73. The second kappa shape index (κ2) is 17.0. The van der Waals surface area contributed by atoms with E-state index in [9.17, 15) is 0 Å². The number of hydrogen-bond donors (Lipinski definition) is 0. The Hall–Kier alpha value is 0.597. The molecule has 0 saturated heterocycles. The molecule has 0 unspecified atom stereocenters. The number of hydrogen-bond acceptors (Lipinski definition) is 0. The molecule has 1 heteroatoms. The smallest absolute Gasteiger partial charge is 0.328 e. The Kier molecular flexibility index (Phi) is 20.4. The molecule has 0 nitrogen and oxygen atoms in total. The van der Waals surface area contributed by atoms with Gasteiger partial charge in [-0.2, -0.15) is 12.8 Å². The van der Waals surface area contributed by atoms with Crippen LogP contribution < -0.4 is 18.9 Å². The van der Waals surface area contributed by atoms with Crippen LogP contribution in [0.2, 0.25) is 0 Å². The molecule has 86 valence electrons. The van der Waals surface area contributed by atoms with Crippen LogP contribution in [0.3, 0.4) is 0 Å². The standard InChI is InChI=1S/C14H29.Li/c1-3-5-7-9-11-13-14-12-10-8-6-4-2;/h9H,3-8,10-14H2,1-2H3;/q-1;+1. The van der Waals surface area contributed by atoms with Crippen LogP contribution in [0.1, 0.15) is 84.5 Å². The summed E-state index contributed by atoms with van der Waals surface area (Å²) in [7, 11) is 0. The molecule has 0 saturated carbocycles. The van der Waals surface area contributed by atoms with E-state index in [1.807, 2.05) is 0 Å². The largest absolute Gasteiger partial charge is 1.00 e. The van der Waals surface area contributed by atoms with Crippen LogP contribution in [0.5, 0.6) is 0 Å². The normalized spacial score (nSPS) is 10.0. The third-order valence-electron chi connectivity index (χ3n) is 2.77. The van der Waals surface area contributed by atoms with Crippen LogP contribution in [0.25, 0.3) is 0 Å². The second-order valence-electron chi connectivity index (χ2n) is 4.34. The topological polar surface area (TPSA) is 0 Å². The van der Waals surface area contributed by atoms with E-state index in [0.717, 1.165) is 0 Å². The predicted molar refractivity (Wildman–Crippen MR) is 66.4 cm³/mol. The van der Waals surface area contributed by atoms with Crippen LogP contribution in [0.15, 0.2) is 0 Å². The fourth-order valence-electron chi connectivity index (χ4n) is 1.74. The average molecular weight is 204 g/mol. The van der Waals surface area contributed by atoms with Crippen molar-refractivity contribution in [3.05, 3.63) is 6.42 Å². The Bertz CT molecular complexity index is 79.3. The Morgan fingerprint density at radius 2 is 1.07 bits per heavy atom. The molecule has 0 aliphatic rings. The van der Waals surface area contributed by atoms with Crippen molar-refractivity contribution in [1.82, 2.24) is 0 Å². The molecule has 0 bridgehead atoms. The van der Waals surface area contributed by atoms with Crippen molar-refractivity contribution in [3.63, 3.8) is 0 Å². The van der Waals surface area contributed by atoms with Gasteiger partial charge in [0.25, 0.3) is 0 Å². The van der Waals surface area contributed by atoms with Gasteiger partial charge in [-0.25, -0.2) is 0 Å². The van der Waals surface area contributed by atoms with Gasteiger partial charge < -0.3 is 6.42 Å². The first-order chi connectivity index (χ1) is 6.91. The summed E-state index contributed by atoms with van der Waals surface area (Å²) < 4.78 is 0. The Morgan fingerprint density at radius 3 is 1.67 bits per heavy atom. The van der Waals surface area contributed by atoms with Gasteiger partial charge in [-0.05, 0) is 0 Å². The fourth-order valence-corrected chi connectivity index (χ4v) is 1.74. The van der Waals surface area contributed by atoms with E-state index in [1.165, 1.54) is 70.6 Å². The van der Waals surface area contributed by atoms with Crippen molar-refractivity contribution in [2.75, 3.05) is 0 Å². The molecule has 0 aromatic heterocycles. The Balaban J connectivity index is 0.